The second kappa shape index (κ2) is 9.28. The van der Waals surface area contributed by atoms with E-state index in [2.05, 4.69) is 39.1 Å². The Kier molecular flexibility index (Phi) is 6.54. The van der Waals surface area contributed by atoms with Crippen LogP contribution in [-0.4, -0.2) is 30.4 Å². The first-order valence-electron chi connectivity index (χ1n) is 8.59. The predicted octanol–water partition coefficient (Wildman–Crippen LogP) is 4.42. The lowest BCUT2D eigenvalue weighted by Gasteiger charge is -2.23. The Bertz CT molecular complexity index is 805. The number of hydrogen-bond acceptors (Lipinski definition) is 6. The molecule has 27 heavy (non-hydrogen) atoms. The molecule has 0 atom stereocenters. The van der Waals surface area contributed by atoms with E-state index in [4.69, 9.17) is 9.47 Å². The Morgan fingerprint density at radius 2 is 1.33 bits per heavy atom. The highest BCUT2D eigenvalue weighted by Gasteiger charge is 2.12. The van der Waals surface area contributed by atoms with Crippen molar-refractivity contribution in [1.82, 2.24) is 9.97 Å². The molecule has 0 N–H and O–H groups in total. The van der Waals surface area contributed by atoms with E-state index in [9.17, 15) is 0 Å². The van der Waals surface area contributed by atoms with Crippen LogP contribution in [0.4, 0.5) is 5.95 Å². The van der Waals surface area contributed by atoms with Crippen molar-refractivity contribution in [3.8, 4) is 11.5 Å². The highest BCUT2D eigenvalue weighted by atomic mass is 32.2. The molecule has 0 fully saturated rings. The number of thioether (sulfide) groups is 1. The molecule has 0 spiro atoms. The lowest BCUT2D eigenvalue weighted by atomic mass is 10.1. The summed E-state index contributed by atoms with van der Waals surface area (Å²) in [4.78, 5) is 11.3. The molecule has 0 amide bonds. The summed E-state index contributed by atoms with van der Waals surface area (Å²) in [5.74, 6) is 2.41. The monoisotopic (exact) mass is 381 g/mol. The van der Waals surface area contributed by atoms with Crippen LogP contribution in [0.1, 0.15) is 11.1 Å². The average Bonchev–Trinajstić information content (AvgIpc) is 2.74. The second-order valence-corrected chi connectivity index (χ2v) is 6.78. The minimum Gasteiger partial charge on any atom is -0.497 e. The van der Waals surface area contributed by atoms with E-state index in [1.54, 1.807) is 26.0 Å². The van der Waals surface area contributed by atoms with Crippen LogP contribution in [0.15, 0.2) is 65.8 Å². The lowest BCUT2D eigenvalue weighted by Crippen LogP contribution is -2.24. The average molecular weight is 382 g/mol. The number of hydrogen-bond donors (Lipinski definition) is 0. The topological polar surface area (TPSA) is 47.5 Å². The van der Waals surface area contributed by atoms with Crippen molar-refractivity contribution < 1.29 is 9.47 Å². The maximum atomic E-state index is 5.25. The van der Waals surface area contributed by atoms with Gasteiger partial charge in [-0.1, -0.05) is 24.3 Å². The van der Waals surface area contributed by atoms with Gasteiger partial charge in [0, 0.05) is 19.3 Å². The molecule has 0 aliphatic heterocycles. The Labute approximate surface area is 164 Å². The van der Waals surface area contributed by atoms with Crippen LogP contribution in [0.3, 0.4) is 0 Å². The zero-order valence-electron chi connectivity index (χ0n) is 15.8. The van der Waals surface area contributed by atoms with E-state index in [-0.39, 0.29) is 0 Å². The maximum Gasteiger partial charge on any atom is 0.226 e. The number of aromatic nitrogens is 2. The van der Waals surface area contributed by atoms with Crippen LogP contribution < -0.4 is 14.4 Å². The Morgan fingerprint density at radius 3 is 1.78 bits per heavy atom. The number of nitrogens with zero attached hydrogens (tertiary/aromatic N) is 3. The van der Waals surface area contributed by atoms with Crippen LogP contribution in [0, 0.1) is 0 Å². The van der Waals surface area contributed by atoms with Crippen LogP contribution in [0.2, 0.25) is 0 Å². The summed E-state index contributed by atoms with van der Waals surface area (Å²) in [5, 5.41) is 0.953. The zero-order chi connectivity index (χ0) is 19.1. The molecule has 0 bridgehead atoms. The van der Waals surface area contributed by atoms with Crippen LogP contribution >= 0.6 is 11.8 Å². The van der Waals surface area contributed by atoms with Crippen molar-refractivity contribution in [2.45, 2.75) is 18.1 Å². The van der Waals surface area contributed by atoms with Crippen molar-refractivity contribution in [2.24, 2.45) is 0 Å². The van der Waals surface area contributed by atoms with E-state index in [0.29, 0.717) is 19.0 Å². The summed E-state index contributed by atoms with van der Waals surface area (Å²) >= 11 is 1.61. The van der Waals surface area contributed by atoms with Gasteiger partial charge in [-0.15, -0.1) is 11.8 Å². The third-order valence-electron chi connectivity index (χ3n) is 4.17. The minimum atomic E-state index is 0.702. The van der Waals surface area contributed by atoms with Crippen molar-refractivity contribution in [3.05, 3.63) is 71.9 Å². The van der Waals surface area contributed by atoms with E-state index in [1.807, 2.05) is 42.8 Å². The Hall–Kier alpha value is -2.73. The fourth-order valence-corrected chi connectivity index (χ4v) is 3.07. The molecule has 0 radical (unpaired) electrons. The van der Waals surface area contributed by atoms with Crippen LogP contribution in [-0.2, 0) is 13.1 Å². The first kappa shape index (κ1) is 19.0. The van der Waals surface area contributed by atoms with Gasteiger partial charge in [0.25, 0.3) is 0 Å². The summed E-state index contributed by atoms with van der Waals surface area (Å²) in [7, 11) is 3.35. The van der Waals surface area contributed by atoms with Crippen LogP contribution in [0.5, 0.6) is 11.5 Å². The molecule has 0 aliphatic rings. The van der Waals surface area contributed by atoms with Gasteiger partial charge in [-0.3, -0.25) is 0 Å². The summed E-state index contributed by atoms with van der Waals surface area (Å²) in [6, 6.07) is 18.1. The molecule has 1 aromatic heterocycles. The van der Waals surface area contributed by atoms with E-state index >= 15 is 0 Å². The maximum absolute atomic E-state index is 5.25. The molecule has 1 heterocycles. The van der Waals surface area contributed by atoms with Gasteiger partial charge in [0.2, 0.25) is 5.95 Å². The largest absolute Gasteiger partial charge is 0.497 e. The first-order chi connectivity index (χ1) is 13.2. The predicted molar refractivity (Wildman–Crippen MR) is 110 cm³/mol. The van der Waals surface area contributed by atoms with Crippen molar-refractivity contribution in [3.63, 3.8) is 0 Å². The minimum absolute atomic E-state index is 0.702. The molecular formula is C21H23N3O2S. The van der Waals surface area contributed by atoms with Gasteiger partial charge in [0.1, 0.15) is 16.5 Å². The van der Waals surface area contributed by atoms with E-state index in [0.717, 1.165) is 16.5 Å². The molecule has 0 aliphatic carbocycles. The molecule has 5 nitrogen and oxygen atoms in total. The van der Waals surface area contributed by atoms with Gasteiger partial charge in [-0.25, -0.2) is 9.97 Å². The summed E-state index contributed by atoms with van der Waals surface area (Å²) in [6.07, 6.45) is 3.83. The highest BCUT2D eigenvalue weighted by molar-refractivity contribution is 7.98. The Morgan fingerprint density at radius 1 is 0.815 bits per heavy atom. The highest BCUT2D eigenvalue weighted by Crippen LogP contribution is 2.21. The normalized spacial score (nSPS) is 10.5. The van der Waals surface area contributed by atoms with Gasteiger partial charge < -0.3 is 14.4 Å². The zero-order valence-corrected chi connectivity index (χ0v) is 16.6. The molecule has 3 aromatic rings. The van der Waals surface area contributed by atoms with Gasteiger partial charge in [0.15, 0.2) is 0 Å². The third kappa shape index (κ3) is 5.14. The number of ether oxygens (including phenoxy) is 2. The summed E-state index contributed by atoms with van der Waals surface area (Å²) in [5.41, 5.74) is 2.34. The molecule has 0 saturated carbocycles. The summed E-state index contributed by atoms with van der Waals surface area (Å²) in [6.45, 7) is 1.40. The fraction of sp³-hybridized carbons (Fsp3) is 0.238. The quantitative estimate of drug-likeness (QED) is 0.425. The van der Waals surface area contributed by atoms with E-state index in [1.165, 1.54) is 11.1 Å². The number of benzene rings is 2. The standard InChI is InChI=1S/C21H23N3O2S/c1-25-18-8-4-16(5-9-18)14-24(21-22-13-12-20(23-21)27-3)15-17-6-10-19(26-2)11-7-17/h4-13H,14-15H2,1-3H3. The Balaban J connectivity index is 1.86. The molecule has 3 rings (SSSR count). The lowest BCUT2D eigenvalue weighted by molar-refractivity contribution is 0.414. The van der Waals surface area contributed by atoms with Crippen molar-refractivity contribution in [2.75, 3.05) is 25.4 Å². The van der Waals surface area contributed by atoms with Crippen molar-refractivity contribution in [1.29, 1.82) is 0 Å². The van der Waals surface area contributed by atoms with Gasteiger partial charge >= 0.3 is 0 Å². The number of methoxy groups -OCH3 is 2. The van der Waals surface area contributed by atoms with Crippen molar-refractivity contribution >= 4 is 17.7 Å². The second-order valence-electron chi connectivity index (χ2n) is 5.95. The molecular weight excluding hydrogens is 358 g/mol. The third-order valence-corrected chi connectivity index (χ3v) is 4.82. The molecule has 2 aromatic carbocycles. The SMILES string of the molecule is COc1ccc(CN(Cc2ccc(OC)cc2)c2nccc(SC)n2)cc1. The van der Waals surface area contributed by atoms with Gasteiger partial charge in [0.05, 0.1) is 14.2 Å². The molecule has 0 saturated heterocycles. The van der Waals surface area contributed by atoms with E-state index < -0.39 is 0 Å². The van der Waals surface area contributed by atoms with Gasteiger partial charge in [-0.05, 0) is 47.7 Å². The molecule has 6 heteroatoms. The fourth-order valence-electron chi connectivity index (χ4n) is 2.70. The summed E-state index contributed by atoms with van der Waals surface area (Å²) < 4.78 is 10.5. The first-order valence-corrected chi connectivity index (χ1v) is 9.82. The smallest absolute Gasteiger partial charge is 0.226 e. The van der Waals surface area contributed by atoms with Crippen LogP contribution in [0.25, 0.3) is 0 Å². The number of anilines is 1. The molecule has 140 valence electrons. The molecule has 0 unspecified atom stereocenters. The number of rotatable bonds is 8. The van der Waals surface area contributed by atoms with Gasteiger partial charge in [-0.2, -0.15) is 0 Å².